The van der Waals surface area contributed by atoms with Crippen molar-refractivity contribution in [1.29, 1.82) is 0 Å². The quantitative estimate of drug-likeness (QED) is 0.562. The van der Waals surface area contributed by atoms with Crippen molar-refractivity contribution in [2.75, 3.05) is 20.2 Å². The summed E-state index contributed by atoms with van der Waals surface area (Å²) >= 11 is 0. The highest BCUT2D eigenvalue weighted by atomic mass is 16.5. The van der Waals surface area contributed by atoms with Crippen LogP contribution in [0.1, 0.15) is 50.7 Å². The molecule has 1 saturated carbocycles. The van der Waals surface area contributed by atoms with Crippen LogP contribution in [0.5, 0.6) is 0 Å². The second-order valence-electron chi connectivity index (χ2n) is 5.91. The Morgan fingerprint density at radius 3 is 2.78 bits per heavy atom. The van der Waals surface area contributed by atoms with Crippen LogP contribution < -0.4 is 10.6 Å². The fourth-order valence-corrected chi connectivity index (χ4v) is 3.13. The molecule has 0 aromatic carbocycles. The first kappa shape index (κ1) is 17.7. The molecule has 130 valence electrons. The average Bonchev–Trinajstić information content (AvgIpc) is 3.21. The van der Waals surface area contributed by atoms with Crippen LogP contribution in [-0.4, -0.2) is 42.4 Å². The molecule has 0 amide bonds. The number of aryl methyl sites for hydroxylation is 1. The molecule has 7 nitrogen and oxygen atoms in total. The van der Waals surface area contributed by atoms with E-state index in [1.54, 1.807) is 14.0 Å². The van der Waals surface area contributed by atoms with Crippen LogP contribution in [0.15, 0.2) is 9.52 Å². The molecule has 0 spiro atoms. The topological polar surface area (TPSA) is 84.6 Å². The van der Waals surface area contributed by atoms with Crippen LogP contribution in [0, 0.1) is 12.8 Å². The molecule has 1 aromatic rings. The maximum Gasteiger partial charge on any atom is 0.223 e. The third-order valence-corrected chi connectivity index (χ3v) is 4.23. The Labute approximate surface area is 138 Å². The van der Waals surface area contributed by atoms with Crippen LogP contribution >= 0.6 is 0 Å². The molecule has 1 fully saturated rings. The van der Waals surface area contributed by atoms with E-state index in [-0.39, 0.29) is 0 Å². The minimum absolute atomic E-state index is 0.355. The van der Waals surface area contributed by atoms with E-state index in [9.17, 15) is 0 Å². The maximum absolute atomic E-state index is 5.94. The third-order valence-electron chi connectivity index (χ3n) is 4.23. The number of rotatable bonds is 8. The summed E-state index contributed by atoms with van der Waals surface area (Å²) in [6.45, 7) is 5.97. The lowest BCUT2D eigenvalue weighted by atomic mass is 9.98. The zero-order valence-electron chi connectivity index (χ0n) is 14.5. The number of nitrogens with one attached hydrogen (secondary N) is 2. The van der Waals surface area contributed by atoms with Gasteiger partial charge in [0.1, 0.15) is 0 Å². The zero-order valence-corrected chi connectivity index (χ0v) is 14.5. The number of hydrogen-bond donors (Lipinski definition) is 2. The van der Waals surface area contributed by atoms with Crippen molar-refractivity contribution in [1.82, 2.24) is 20.8 Å². The van der Waals surface area contributed by atoms with Crippen LogP contribution in [0.2, 0.25) is 0 Å². The van der Waals surface area contributed by atoms with Gasteiger partial charge in [-0.2, -0.15) is 4.98 Å². The molecule has 1 heterocycles. The lowest BCUT2D eigenvalue weighted by Crippen LogP contribution is -2.39. The smallest absolute Gasteiger partial charge is 0.223 e. The van der Waals surface area contributed by atoms with E-state index in [2.05, 4.69) is 32.7 Å². The lowest BCUT2D eigenvalue weighted by molar-refractivity contribution is 0.0169. The predicted octanol–water partition coefficient (Wildman–Crippen LogP) is 2.03. The average molecular weight is 323 g/mol. The van der Waals surface area contributed by atoms with Gasteiger partial charge in [-0.25, -0.2) is 0 Å². The number of guanidine groups is 1. The molecule has 2 rings (SSSR count). The second kappa shape index (κ2) is 9.50. The number of ether oxygens (including phenoxy) is 1. The predicted molar refractivity (Wildman–Crippen MR) is 89.2 cm³/mol. The van der Waals surface area contributed by atoms with Gasteiger partial charge in [-0.15, -0.1) is 0 Å². The molecule has 2 N–H and O–H groups in total. The largest absolute Gasteiger partial charge is 0.378 e. The Balaban J connectivity index is 1.71. The summed E-state index contributed by atoms with van der Waals surface area (Å²) in [5.74, 6) is 2.66. The Morgan fingerprint density at radius 1 is 1.39 bits per heavy atom. The van der Waals surface area contributed by atoms with Gasteiger partial charge in [0.05, 0.1) is 12.6 Å². The van der Waals surface area contributed by atoms with Gasteiger partial charge in [0.25, 0.3) is 0 Å². The van der Waals surface area contributed by atoms with Gasteiger partial charge in [0, 0.05) is 27.1 Å². The molecule has 0 radical (unpaired) electrons. The Bertz CT molecular complexity index is 483. The molecule has 1 aliphatic carbocycles. The first-order chi connectivity index (χ1) is 11.2. The van der Waals surface area contributed by atoms with E-state index >= 15 is 0 Å². The summed E-state index contributed by atoms with van der Waals surface area (Å²) in [6.07, 6.45) is 6.64. The van der Waals surface area contributed by atoms with Crippen molar-refractivity contribution in [3.63, 3.8) is 0 Å². The van der Waals surface area contributed by atoms with Crippen LogP contribution in [0.3, 0.4) is 0 Å². The van der Waals surface area contributed by atoms with Gasteiger partial charge in [-0.3, -0.25) is 4.99 Å². The maximum atomic E-state index is 5.94. The van der Waals surface area contributed by atoms with Gasteiger partial charge >= 0.3 is 0 Å². The highest BCUT2D eigenvalue weighted by Gasteiger charge is 2.25. The van der Waals surface area contributed by atoms with Crippen molar-refractivity contribution in [3.8, 4) is 0 Å². The normalized spacial score (nSPS) is 17.4. The third kappa shape index (κ3) is 5.82. The molecule has 23 heavy (non-hydrogen) atoms. The molecule has 1 aromatic heterocycles. The van der Waals surface area contributed by atoms with E-state index in [0.29, 0.717) is 30.3 Å². The highest BCUT2D eigenvalue weighted by Crippen LogP contribution is 2.30. The number of aliphatic imine (C=N–C) groups is 1. The van der Waals surface area contributed by atoms with Gasteiger partial charge in [-0.05, 0) is 32.1 Å². The highest BCUT2D eigenvalue weighted by molar-refractivity contribution is 5.79. The SMILES string of the molecule is CCOC(CCNC(=NC)NCc1noc(C)n1)C1CCCC1. The fraction of sp³-hybridized carbons (Fsp3) is 0.812. The molecule has 1 aliphatic rings. The first-order valence-electron chi connectivity index (χ1n) is 8.58. The lowest BCUT2D eigenvalue weighted by Gasteiger charge is -2.23. The summed E-state index contributed by atoms with van der Waals surface area (Å²) in [6, 6.07) is 0. The summed E-state index contributed by atoms with van der Waals surface area (Å²) in [5, 5.41) is 10.4. The summed E-state index contributed by atoms with van der Waals surface area (Å²) in [7, 11) is 1.76. The van der Waals surface area contributed by atoms with Crippen molar-refractivity contribution in [2.24, 2.45) is 10.9 Å². The molecule has 0 bridgehead atoms. The van der Waals surface area contributed by atoms with Crippen LogP contribution in [0.4, 0.5) is 0 Å². The van der Waals surface area contributed by atoms with E-state index in [1.165, 1.54) is 25.7 Å². The fourth-order valence-electron chi connectivity index (χ4n) is 3.13. The summed E-state index contributed by atoms with van der Waals surface area (Å²) in [5.41, 5.74) is 0. The van der Waals surface area contributed by atoms with E-state index in [4.69, 9.17) is 9.26 Å². The van der Waals surface area contributed by atoms with Crippen molar-refractivity contribution in [2.45, 2.75) is 58.6 Å². The van der Waals surface area contributed by atoms with E-state index in [0.717, 1.165) is 25.5 Å². The molecular weight excluding hydrogens is 294 g/mol. The Kier molecular flexibility index (Phi) is 7.32. The van der Waals surface area contributed by atoms with Crippen LogP contribution in [-0.2, 0) is 11.3 Å². The summed E-state index contributed by atoms with van der Waals surface area (Å²) in [4.78, 5) is 8.38. The molecule has 0 saturated heterocycles. The number of aromatic nitrogens is 2. The molecule has 7 heteroatoms. The number of nitrogens with zero attached hydrogens (tertiary/aromatic N) is 3. The van der Waals surface area contributed by atoms with E-state index in [1.807, 2.05) is 0 Å². The molecular formula is C16H29N5O2. The molecule has 1 unspecified atom stereocenters. The van der Waals surface area contributed by atoms with Crippen molar-refractivity contribution in [3.05, 3.63) is 11.7 Å². The van der Waals surface area contributed by atoms with Crippen LogP contribution in [0.25, 0.3) is 0 Å². The second-order valence-corrected chi connectivity index (χ2v) is 5.91. The molecule has 0 aliphatic heterocycles. The minimum atomic E-state index is 0.355. The Hall–Kier alpha value is -1.63. The van der Waals surface area contributed by atoms with Crippen molar-refractivity contribution >= 4 is 5.96 Å². The van der Waals surface area contributed by atoms with Gasteiger partial charge < -0.3 is 19.9 Å². The van der Waals surface area contributed by atoms with Gasteiger partial charge in [-0.1, -0.05) is 18.0 Å². The van der Waals surface area contributed by atoms with Crippen molar-refractivity contribution < 1.29 is 9.26 Å². The summed E-state index contributed by atoms with van der Waals surface area (Å²) < 4.78 is 10.9. The minimum Gasteiger partial charge on any atom is -0.378 e. The monoisotopic (exact) mass is 323 g/mol. The number of hydrogen-bond acceptors (Lipinski definition) is 5. The Morgan fingerprint density at radius 2 is 2.17 bits per heavy atom. The zero-order chi connectivity index (χ0) is 16.5. The van der Waals surface area contributed by atoms with Gasteiger partial charge in [0.15, 0.2) is 11.8 Å². The molecule has 1 atom stereocenters. The first-order valence-corrected chi connectivity index (χ1v) is 8.58. The standard InChI is InChI=1S/C16H29N5O2/c1-4-22-14(13-7-5-6-8-13)9-10-18-16(17-3)19-11-15-20-12(2)23-21-15/h13-14H,4-11H2,1-3H3,(H2,17,18,19). The van der Waals surface area contributed by atoms with Gasteiger partial charge in [0.2, 0.25) is 5.89 Å². The van der Waals surface area contributed by atoms with E-state index < -0.39 is 0 Å².